The number of para-hydroxylation sites is 1. The van der Waals surface area contributed by atoms with Gasteiger partial charge in [-0.2, -0.15) is 0 Å². The zero-order valence-electron chi connectivity index (χ0n) is 10.4. The Balaban J connectivity index is 2.73. The van der Waals surface area contributed by atoms with Gasteiger partial charge in [-0.25, -0.2) is 0 Å². The monoisotopic (exact) mass is 271 g/mol. The van der Waals surface area contributed by atoms with Gasteiger partial charge in [0, 0.05) is 16.6 Å². The van der Waals surface area contributed by atoms with Crippen LogP contribution in [0.15, 0.2) is 23.0 Å². The van der Waals surface area contributed by atoms with Crippen molar-refractivity contribution in [3.8, 4) is 5.75 Å². The fourth-order valence-corrected chi connectivity index (χ4v) is 2.08. The summed E-state index contributed by atoms with van der Waals surface area (Å²) < 4.78 is 40.8. The van der Waals surface area contributed by atoms with Crippen molar-refractivity contribution >= 4 is 10.9 Å². The molecule has 1 heterocycles. The third-order valence-corrected chi connectivity index (χ3v) is 2.89. The summed E-state index contributed by atoms with van der Waals surface area (Å²) in [5.74, 6) is -0.396. The highest BCUT2D eigenvalue weighted by Gasteiger charge is 2.32. The minimum atomic E-state index is -4.79. The maximum atomic E-state index is 12.3. The van der Waals surface area contributed by atoms with Crippen molar-refractivity contribution in [2.24, 2.45) is 0 Å². The Morgan fingerprint density at radius 3 is 2.58 bits per heavy atom. The highest BCUT2D eigenvalue weighted by atomic mass is 19.4. The van der Waals surface area contributed by atoms with Crippen LogP contribution in [-0.4, -0.2) is 11.3 Å². The molecule has 2 rings (SSSR count). The Morgan fingerprint density at radius 2 is 2.00 bits per heavy atom. The molecular weight excluding hydrogens is 259 g/mol. The first kappa shape index (κ1) is 13.5. The minimum Gasteiger partial charge on any atom is -0.404 e. The number of halogens is 3. The van der Waals surface area contributed by atoms with E-state index < -0.39 is 12.1 Å². The third kappa shape index (κ3) is 2.57. The molecule has 0 radical (unpaired) electrons. The van der Waals surface area contributed by atoms with Crippen molar-refractivity contribution in [1.82, 2.24) is 4.98 Å². The number of H-pyrrole nitrogens is 1. The molecule has 6 heteroatoms. The van der Waals surface area contributed by atoms with Gasteiger partial charge in [-0.15, -0.1) is 13.2 Å². The molecule has 0 saturated heterocycles. The van der Waals surface area contributed by atoms with Crippen LogP contribution in [0, 0.1) is 6.92 Å². The number of ether oxygens (including phenoxy) is 1. The van der Waals surface area contributed by atoms with Gasteiger partial charge in [-0.05, 0) is 25.5 Å². The Hall–Kier alpha value is -1.98. The van der Waals surface area contributed by atoms with Crippen LogP contribution in [0.1, 0.15) is 18.2 Å². The van der Waals surface area contributed by atoms with Crippen LogP contribution in [0.5, 0.6) is 5.75 Å². The van der Waals surface area contributed by atoms with Crippen molar-refractivity contribution in [3.63, 3.8) is 0 Å². The molecule has 0 fully saturated rings. The Kier molecular flexibility index (Phi) is 3.26. The van der Waals surface area contributed by atoms with Gasteiger partial charge in [0.25, 0.3) is 0 Å². The van der Waals surface area contributed by atoms with Crippen LogP contribution in [0.4, 0.5) is 13.2 Å². The van der Waals surface area contributed by atoms with Gasteiger partial charge in [0.15, 0.2) is 11.2 Å². The van der Waals surface area contributed by atoms with Crippen molar-refractivity contribution in [1.29, 1.82) is 0 Å². The second kappa shape index (κ2) is 4.60. The Labute approximate surface area is 107 Å². The molecule has 0 aliphatic heterocycles. The zero-order chi connectivity index (χ0) is 14.2. The maximum Gasteiger partial charge on any atom is 0.573 e. The van der Waals surface area contributed by atoms with Crippen molar-refractivity contribution in [3.05, 3.63) is 39.7 Å². The number of aryl methyl sites for hydroxylation is 1. The molecule has 0 saturated carbocycles. The SMILES string of the molecule is CCc1c(C)[nH]c2c(OC(F)(F)F)cccc2c1=O. The van der Waals surface area contributed by atoms with Gasteiger partial charge >= 0.3 is 6.36 Å². The van der Waals surface area contributed by atoms with Crippen LogP contribution in [0.2, 0.25) is 0 Å². The molecule has 1 aromatic carbocycles. The molecule has 3 nitrogen and oxygen atoms in total. The number of nitrogens with one attached hydrogen (secondary N) is 1. The van der Waals surface area contributed by atoms with E-state index in [1.807, 2.05) is 6.92 Å². The average molecular weight is 271 g/mol. The van der Waals surface area contributed by atoms with E-state index >= 15 is 0 Å². The van der Waals surface area contributed by atoms with Crippen LogP contribution < -0.4 is 10.2 Å². The highest BCUT2D eigenvalue weighted by Crippen LogP contribution is 2.28. The topological polar surface area (TPSA) is 42.1 Å². The quantitative estimate of drug-likeness (QED) is 0.910. The van der Waals surface area contributed by atoms with Crippen molar-refractivity contribution < 1.29 is 17.9 Å². The fourth-order valence-electron chi connectivity index (χ4n) is 2.08. The number of rotatable bonds is 2. The van der Waals surface area contributed by atoms with Gasteiger partial charge in [-0.3, -0.25) is 4.79 Å². The fraction of sp³-hybridized carbons (Fsp3) is 0.308. The number of aromatic nitrogens is 1. The second-order valence-corrected chi connectivity index (χ2v) is 4.14. The summed E-state index contributed by atoms with van der Waals surface area (Å²) in [6.45, 7) is 3.48. The van der Waals surface area contributed by atoms with Gasteiger partial charge < -0.3 is 9.72 Å². The molecule has 19 heavy (non-hydrogen) atoms. The van der Waals surface area contributed by atoms with Gasteiger partial charge in [-0.1, -0.05) is 13.0 Å². The molecule has 0 aliphatic rings. The largest absolute Gasteiger partial charge is 0.573 e. The molecule has 2 aromatic rings. The smallest absolute Gasteiger partial charge is 0.404 e. The predicted molar refractivity (Wildman–Crippen MR) is 65.4 cm³/mol. The molecule has 0 unspecified atom stereocenters. The number of aromatic amines is 1. The van der Waals surface area contributed by atoms with E-state index in [9.17, 15) is 18.0 Å². The summed E-state index contributed by atoms with van der Waals surface area (Å²) in [5, 5.41) is 0.198. The standard InChI is InChI=1S/C13H12F3NO2/c1-3-8-7(2)17-11-9(12(8)18)5-4-6-10(11)19-13(14,15)16/h4-6H,3H2,1-2H3,(H,17,18). The van der Waals surface area contributed by atoms with E-state index in [0.29, 0.717) is 17.7 Å². The van der Waals surface area contributed by atoms with E-state index in [-0.39, 0.29) is 16.3 Å². The highest BCUT2D eigenvalue weighted by molar-refractivity contribution is 5.85. The molecule has 0 amide bonds. The third-order valence-electron chi connectivity index (χ3n) is 2.89. The maximum absolute atomic E-state index is 12.3. The van der Waals surface area contributed by atoms with Crippen LogP contribution >= 0.6 is 0 Å². The number of fused-ring (bicyclic) bond motifs is 1. The van der Waals surface area contributed by atoms with E-state index in [1.165, 1.54) is 18.2 Å². The van der Waals surface area contributed by atoms with Crippen LogP contribution in [-0.2, 0) is 6.42 Å². The molecule has 0 atom stereocenters. The van der Waals surface area contributed by atoms with E-state index in [2.05, 4.69) is 9.72 Å². The molecule has 1 aromatic heterocycles. The number of alkyl halides is 3. The first-order valence-electron chi connectivity index (χ1n) is 5.73. The first-order chi connectivity index (χ1) is 8.83. The van der Waals surface area contributed by atoms with E-state index in [1.54, 1.807) is 6.92 Å². The molecular formula is C13H12F3NO2. The van der Waals surface area contributed by atoms with Gasteiger partial charge in [0.05, 0.1) is 5.52 Å². The lowest BCUT2D eigenvalue weighted by molar-refractivity contribution is -0.274. The minimum absolute atomic E-state index is 0.0690. The Morgan fingerprint density at radius 1 is 1.32 bits per heavy atom. The van der Waals surface area contributed by atoms with Gasteiger partial charge in [0.2, 0.25) is 0 Å². The lowest BCUT2D eigenvalue weighted by Crippen LogP contribution is -2.19. The summed E-state index contributed by atoms with van der Waals surface area (Å²) in [6, 6.07) is 4.03. The van der Waals surface area contributed by atoms with Crippen LogP contribution in [0.25, 0.3) is 10.9 Å². The summed E-state index contributed by atoms with van der Waals surface area (Å²) in [5.41, 5.74) is 0.927. The summed E-state index contributed by atoms with van der Waals surface area (Å²) in [4.78, 5) is 15.0. The Bertz CT molecular complexity index is 674. The molecule has 0 aliphatic carbocycles. The zero-order valence-corrected chi connectivity index (χ0v) is 10.4. The van der Waals surface area contributed by atoms with Gasteiger partial charge in [0.1, 0.15) is 0 Å². The first-order valence-corrected chi connectivity index (χ1v) is 5.73. The predicted octanol–water partition coefficient (Wildman–Crippen LogP) is 3.30. The molecule has 1 N–H and O–H groups in total. The lowest BCUT2D eigenvalue weighted by atomic mass is 10.1. The van der Waals surface area contributed by atoms with Crippen LogP contribution in [0.3, 0.4) is 0 Å². The molecule has 0 spiro atoms. The second-order valence-electron chi connectivity index (χ2n) is 4.14. The van der Waals surface area contributed by atoms with E-state index in [0.717, 1.165) is 0 Å². The molecule has 0 bridgehead atoms. The van der Waals surface area contributed by atoms with E-state index in [4.69, 9.17) is 0 Å². The average Bonchev–Trinajstić information content (AvgIpc) is 2.29. The summed E-state index contributed by atoms with van der Waals surface area (Å²) in [7, 11) is 0. The normalized spacial score (nSPS) is 11.8. The molecule has 102 valence electrons. The lowest BCUT2D eigenvalue weighted by Gasteiger charge is -2.12. The number of benzene rings is 1. The number of hydrogen-bond acceptors (Lipinski definition) is 2. The number of pyridine rings is 1. The summed E-state index contributed by atoms with van der Waals surface area (Å²) in [6.07, 6.45) is -4.27. The van der Waals surface area contributed by atoms with Crippen molar-refractivity contribution in [2.75, 3.05) is 0 Å². The number of hydrogen-bond donors (Lipinski definition) is 1. The van der Waals surface area contributed by atoms with Crippen molar-refractivity contribution in [2.45, 2.75) is 26.6 Å². The summed E-state index contributed by atoms with van der Waals surface area (Å²) >= 11 is 0.